The minimum Gasteiger partial charge on any atom is -0.497 e. The molecule has 140 valence electrons. The fourth-order valence-corrected chi connectivity index (χ4v) is 3.86. The van der Waals surface area contributed by atoms with E-state index >= 15 is 0 Å². The first kappa shape index (κ1) is 16.8. The molecule has 0 aliphatic carbocycles. The molecule has 3 aromatic rings. The van der Waals surface area contributed by atoms with Crippen molar-refractivity contribution in [1.82, 2.24) is 5.01 Å². The van der Waals surface area contributed by atoms with Crippen molar-refractivity contribution in [2.24, 2.45) is 5.10 Å². The Labute approximate surface area is 162 Å². The number of rotatable bonds is 3. The molecule has 0 saturated heterocycles. The lowest BCUT2D eigenvalue weighted by molar-refractivity contribution is -0.0190. The number of halogens is 1. The van der Waals surface area contributed by atoms with E-state index in [1.165, 1.54) is 12.1 Å². The lowest BCUT2D eigenvalue weighted by Crippen LogP contribution is -2.33. The van der Waals surface area contributed by atoms with Crippen molar-refractivity contribution in [3.8, 4) is 11.5 Å². The molecule has 5 heteroatoms. The van der Waals surface area contributed by atoms with Crippen LogP contribution in [0.5, 0.6) is 11.5 Å². The van der Waals surface area contributed by atoms with E-state index in [1.54, 1.807) is 19.2 Å². The van der Waals surface area contributed by atoms with E-state index in [1.807, 2.05) is 47.5 Å². The van der Waals surface area contributed by atoms with Crippen molar-refractivity contribution in [2.45, 2.75) is 18.7 Å². The highest BCUT2D eigenvalue weighted by Gasteiger charge is 2.40. The molecule has 2 aliphatic rings. The molecule has 0 N–H and O–H groups in total. The molecule has 0 saturated carbocycles. The van der Waals surface area contributed by atoms with Crippen molar-refractivity contribution < 1.29 is 13.9 Å². The van der Waals surface area contributed by atoms with Gasteiger partial charge in [-0.1, -0.05) is 42.5 Å². The Morgan fingerprint density at radius 3 is 2.68 bits per heavy atom. The molecule has 28 heavy (non-hydrogen) atoms. The van der Waals surface area contributed by atoms with Crippen LogP contribution in [0, 0.1) is 5.82 Å². The second-order valence-corrected chi connectivity index (χ2v) is 6.94. The molecule has 2 aliphatic heterocycles. The molecule has 5 rings (SSSR count). The topological polar surface area (TPSA) is 34.1 Å². The van der Waals surface area contributed by atoms with Crippen LogP contribution in [0.2, 0.25) is 0 Å². The van der Waals surface area contributed by atoms with Crippen LogP contribution in [0.1, 0.15) is 35.4 Å². The van der Waals surface area contributed by atoms with Gasteiger partial charge in [-0.25, -0.2) is 9.40 Å². The van der Waals surface area contributed by atoms with E-state index < -0.39 is 6.23 Å². The summed E-state index contributed by atoms with van der Waals surface area (Å²) in [6, 6.07) is 22.5. The number of benzene rings is 3. The number of methoxy groups -OCH3 is 1. The molecule has 3 aromatic carbocycles. The summed E-state index contributed by atoms with van der Waals surface area (Å²) in [7, 11) is 1.66. The lowest BCUT2D eigenvalue weighted by atomic mass is 9.96. The summed E-state index contributed by atoms with van der Waals surface area (Å²) >= 11 is 0. The first-order valence-electron chi connectivity index (χ1n) is 9.24. The molecule has 4 nitrogen and oxygen atoms in total. The molecule has 0 spiro atoms. The van der Waals surface area contributed by atoms with Gasteiger partial charge in [-0.3, -0.25) is 0 Å². The number of fused-ring (bicyclic) bond motifs is 3. The van der Waals surface area contributed by atoms with Gasteiger partial charge in [0.15, 0.2) is 0 Å². The van der Waals surface area contributed by atoms with Gasteiger partial charge in [0.25, 0.3) is 0 Å². The van der Waals surface area contributed by atoms with E-state index in [4.69, 9.17) is 14.6 Å². The van der Waals surface area contributed by atoms with Crippen LogP contribution in [0.15, 0.2) is 77.9 Å². The first-order valence-corrected chi connectivity index (χ1v) is 9.24. The van der Waals surface area contributed by atoms with E-state index in [2.05, 4.69) is 6.07 Å². The van der Waals surface area contributed by atoms with Gasteiger partial charge >= 0.3 is 0 Å². The maximum absolute atomic E-state index is 13.4. The number of ether oxygens (including phenoxy) is 2. The molecule has 0 unspecified atom stereocenters. The fourth-order valence-electron chi connectivity index (χ4n) is 3.86. The van der Waals surface area contributed by atoms with Crippen LogP contribution in [0.3, 0.4) is 0 Å². The largest absolute Gasteiger partial charge is 0.497 e. The summed E-state index contributed by atoms with van der Waals surface area (Å²) in [4.78, 5) is 0. The van der Waals surface area contributed by atoms with Gasteiger partial charge in [0.1, 0.15) is 17.3 Å². The zero-order valence-electron chi connectivity index (χ0n) is 15.4. The summed E-state index contributed by atoms with van der Waals surface area (Å²) < 4.78 is 25.1. The van der Waals surface area contributed by atoms with Gasteiger partial charge < -0.3 is 9.47 Å². The van der Waals surface area contributed by atoms with Gasteiger partial charge in [0.05, 0.1) is 18.9 Å². The molecule has 0 aromatic heterocycles. The van der Waals surface area contributed by atoms with Crippen molar-refractivity contribution >= 4 is 5.71 Å². The van der Waals surface area contributed by atoms with Gasteiger partial charge in [0.2, 0.25) is 6.23 Å². The van der Waals surface area contributed by atoms with E-state index in [0.717, 1.165) is 40.3 Å². The van der Waals surface area contributed by atoms with Crippen LogP contribution in [0.25, 0.3) is 0 Å². The predicted octanol–water partition coefficient (Wildman–Crippen LogP) is 5.08. The first-order chi connectivity index (χ1) is 13.7. The Hall–Kier alpha value is -3.34. The van der Waals surface area contributed by atoms with Crippen molar-refractivity contribution in [1.29, 1.82) is 0 Å². The second kappa shape index (κ2) is 6.68. The van der Waals surface area contributed by atoms with Crippen LogP contribution in [-0.4, -0.2) is 17.8 Å². The number of para-hydroxylation sites is 1. The summed E-state index contributed by atoms with van der Waals surface area (Å²) in [6.45, 7) is 0. The Bertz CT molecular complexity index is 1050. The minimum absolute atomic E-state index is 0.0706. The Balaban J connectivity index is 1.58. The third-order valence-electron chi connectivity index (χ3n) is 5.26. The number of hydrazone groups is 1. The highest BCUT2D eigenvalue weighted by atomic mass is 19.1. The van der Waals surface area contributed by atoms with Gasteiger partial charge in [-0.15, -0.1) is 0 Å². The van der Waals surface area contributed by atoms with Crippen LogP contribution >= 0.6 is 0 Å². The third kappa shape index (κ3) is 2.80. The molecule has 0 bridgehead atoms. The van der Waals surface area contributed by atoms with Crippen molar-refractivity contribution in [2.75, 3.05) is 7.11 Å². The van der Waals surface area contributed by atoms with Gasteiger partial charge in [0, 0.05) is 23.1 Å². The molecular weight excluding hydrogens is 355 g/mol. The summed E-state index contributed by atoms with van der Waals surface area (Å²) in [6.07, 6.45) is 0.370. The Morgan fingerprint density at radius 1 is 1.04 bits per heavy atom. The monoisotopic (exact) mass is 374 g/mol. The third-order valence-corrected chi connectivity index (χ3v) is 5.26. The standard InChI is InChI=1S/C23H19FN2O2/c1-27-18-6-4-5-16(13-18)20-14-21-19-7-2-3-8-22(19)28-23(26(21)25-20)15-9-11-17(24)12-10-15/h2-13,21,23H,14H2,1H3/t21-,23+/m1/s1. The fraction of sp³-hybridized carbons (Fsp3) is 0.174. The average Bonchev–Trinajstić information content (AvgIpc) is 3.20. The highest BCUT2D eigenvalue weighted by molar-refractivity contribution is 6.02. The summed E-state index contributed by atoms with van der Waals surface area (Å²) in [5, 5.41) is 6.90. The van der Waals surface area contributed by atoms with Crippen LogP contribution in [0.4, 0.5) is 4.39 Å². The lowest BCUT2D eigenvalue weighted by Gasteiger charge is -2.38. The van der Waals surface area contributed by atoms with Crippen LogP contribution < -0.4 is 9.47 Å². The number of hydrogen-bond donors (Lipinski definition) is 0. The zero-order valence-corrected chi connectivity index (χ0v) is 15.4. The maximum atomic E-state index is 13.4. The molecule has 0 fully saturated rings. The van der Waals surface area contributed by atoms with Gasteiger partial charge in [-0.05, 0) is 30.3 Å². The molecule has 0 radical (unpaired) electrons. The Kier molecular flexibility index (Phi) is 4.01. The predicted molar refractivity (Wildman–Crippen MR) is 105 cm³/mol. The summed E-state index contributed by atoms with van der Waals surface area (Å²) in [5.41, 5.74) is 4.00. The molecule has 0 amide bonds. The Morgan fingerprint density at radius 2 is 1.86 bits per heavy atom. The SMILES string of the molecule is COc1cccc(C2=NN3[C@H](C2)c2ccccc2O[C@H]3c2ccc(F)cc2)c1. The molecule has 2 atom stereocenters. The molecular formula is C23H19FN2O2. The van der Waals surface area contributed by atoms with Gasteiger partial charge in [-0.2, -0.15) is 5.10 Å². The highest BCUT2D eigenvalue weighted by Crippen LogP contribution is 2.47. The quantitative estimate of drug-likeness (QED) is 0.641. The van der Waals surface area contributed by atoms with E-state index in [9.17, 15) is 4.39 Å². The van der Waals surface area contributed by atoms with E-state index in [-0.39, 0.29) is 11.9 Å². The number of hydrogen-bond acceptors (Lipinski definition) is 4. The zero-order chi connectivity index (χ0) is 19.1. The van der Waals surface area contributed by atoms with Crippen molar-refractivity contribution in [3.63, 3.8) is 0 Å². The number of nitrogens with zero attached hydrogens (tertiary/aromatic N) is 2. The maximum Gasteiger partial charge on any atom is 0.213 e. The normalized spacial score (nSPS) is 20.1. The smallest absolute Gasteiger partial charge is 0.213 e. The molecule has 2 heterocycles. The van der Waals surface area contributed by atoms with E-state index in [0.29, 0.717) is 0 Å². The van der Waals surface area contributed by atoms with Crippen LogP contribution in [-0.2, 0) is 0 Å². The average molecular weight is 374 g/mol. The second-order valence-electron chi connectivity index (χ2n) is 6.94. The summed E-state index contributed by atoms with van der Waals surface area (Å²) in [5.74, 6) is 1.38. The van der Waals surface area contributed by atoms with Crippen molar-refractivity contribution in [3.05, 3.63) is 95.3 Å². The minimum atomic E-state index is -0.399.